The highest BCUT2D eigenvalue weighted by Gasteiger charge is 2.26. The van der Waals surface area contributed by atoms with Crippen LogP contribution in [0.4, 0.5) is 0 Å². The van der Waals surface area contributed by atoms with Crippen molar-refractivity contribution in [1.82, 2.24) is 5.32 Å². The predicted molar refractivity (Wildman–Crippen MR) is 132 cm³/mol. The highest BCUT2D eigenvalue weighted by atomic mass is 16.2. The van der Waals surface area contributed by atoms with E-state index in [-0.39, 0.29) is 37.2 Å². The van der Waals surface area contributed by atoms with Gasteiger partial charge >= 0.3 is 0 Å². The van der Waals surface area contributed by atoms with E-state index in [1.165, 1.54) is 0 Å². The summed E-state index contributed by atoms with van der Waals surface area (Å²) in [7, 11) is 0. The average Bonchev–Trinajstić information content (AvgIpc) is 2.82. The lowest BCUT2D eigenvalue weighted by molar-refractivity contribution is -0.134. The van der Waals surface area contributed by atoms with Crippen LogP contribution in [0.2, 0.25) is 0 Å². The first kappa shape index (κ1) is 24.8. The summed E-state index contributed by atoms with van der Waals surface area (Å²) < 4.78 is 0. The maximum absolute atomic E-state index is 12.8. The van der Waals surface area contributed by atoms with Crippen LogP contribution in [0.3, 0.4) is 0 Å². The Morgan fingerprint density at radius 2 is 1.53 bits per heavy atom. The number of benzene rings is 3. The molecule has 0 radical (unpaired) electrons. The van der Waals surface area contributed by atoms with E-state index in [2.05, 4.69) is 5.32 Å². The SMILES string of the molecule is C[C@H](NC(=O)[C@H](CC(N)=O)CC(=O)Cc1ccccc1)C(=O)CCc1cccc2ccccc12. The molecule has 2 atom stereocenters. The van der Waals surface area contributed by atoms with Crippen molar-refractivity contribution < 1.29 is 19.2 Å². The van der Waals surface area contributed by atoms with Crippen molar-refractivity contribution in [3.8, 4) is 0 Å². The van der Waals surface area contributed by atoms with Crippen LogP contribution in [0, 0.1) is 5.92 Å². The van der Waals surface area contributed by atoms with Gasteiger partial charge in [-0.3, -0.25) is 19.2 Å². The normalized spacial score (nSPS) is 12.6. The van der Waals surface area contributed by atoms with E-state index in [0.717, 1.165) is 21.9 Å². The molecule has 3 aromatic rings. The van der Waals surface area contributed by atoms with Gasteiger partial charge in [0, 0.05) is 25.7 Å². The van der Waals surface area contributed by atoms with Crippen LogP contribution in [-0.2, 0) is 32.0 Å². The van der Waals surface area contributed by atoms with Gasteiger partial charge in [-0.25, -0.2) is 0 Å². The maximum Gasteiger partial charge on any atom is 0.224 e. The second-order valence-electron chi connectivity index (χ2n) is 8.61. The molecule has 0 saturated heterocycles. The minimum atomic E-state index is -0.901. The van der Waals surface area contributed by atoms with Gasteiger partial charge < -0.3 is 11.1 Å². The number of amides is 2. The van der Waals surface area contributed by atoms with Crippen molar-refractivity contribution in [2.45, 2.75) is 45.1 Å². The Hall–Kier alpha value is -3.80. The number of primary amides is 1. The van der Waals surface area contributed by atoms with Gasteiger partial charge in [0.2, 0.25) is 11.8 Å². The van der Waals surface area contributed by atoms with Crippen LogP contribution in [-0.4, -0.2) is 29.4 Å². The standard InChI is InChI=1S/C28H30N2O4/c1-19(26(32)15-14-22-12-7-11-21-10-5-6-13-25(21)22)30-28(34)23(18-27(29)33)17-24(31)16-20-8-3-2-4-9-20/h2-13,19,23H,14-18H2,1H3,(H2,29,33)(H,30,34)/t19-,23-/m0/s1. The molecule has 0 aliphatic rings. The molecule has 2 amide bonds. The highest BCUT2D eigenvalue weighted by Crippen LogP contribution is 2.20. The summed E-state index contributed by atoms with van der Waals surface area (Å²) in [4.78, 5) is 49.5. The summed E-state index contributed by atoms with van der Waals surface area (Å²) in [5.74, 6) is -2.35. The smallest absolute Gasteiger partial charge is 0.224 e. The lowest BCUT2D eigenvalue weighted by atomic mass is 9.93. The van der Waals surface area contributed by atoms with Crippen LogP contribution in [0.25, 0.3) is 10.8 Å². The topological polar surface area (TPSA) is 106 Å². The molecule has 3 rings (SSSR count). The number of Topliss-reactive ketones (excluding diaryl/α,β-unsaturated/α-hetero) is 2. The van der Waals surface area contributed by atoms with Gasteiger partial charge in [-0.05, 0) is 35.2 Å². The lowest BCUT2D eigenvalue weighted by Crippen LogP contribution is -2.43. The van der Waals surface area contributed by atoms with E-state index in [1.807, 2.05) is 72.8 Å². The Labute approximate surface area is 199 Å². The van der Waals surface area contributed by atoms with Gasteiger partial charge in [0.05, 0.1) is 12.0 Å². The van der Waals surface area contributed by atoms with Gasteiger partial charge in [0.15, 0.2) is 5.78 Å². The molecule has 0 aliphatic heterocycles. The van der Waals surface area contributed by atoms with E-state index in [4.69, 9.17) is 5.73 Å². The summed E-state index contributed by atoms with van der Waals surface area (Å²) >= 11 is 0. The van der Waals surface area contributed by atoms with Crippen molar-refractivity contribution in [3.05, 3.63) is 83.9 Å². The Kier molecular flexibility index (Phi) is 8.68. The number of rotatable bonds is 12. The monoisotopic (exact) mass is 458 g/mol. The van der Waals surface area contributed by atoms with Crippen LogP contribution < -0.4 is 11.1 Å². The van der Waals surface area contributed by atoms with Crippen molar-refractivity contribution in [1.29, 1.82) is 0 Å². The number of ketones is 2. The number of carbonyl (C=O) groups is 4. The Balaban J connectivity index is 1.57. The van der Waals surface area contributed by atoms with Gasteiger partial charge in [0.1, 0.15) is 5.78 Å². The molecule has 3 aromatic carbocycles. The van der Waals surface area contributed by atoms with Crippen molar-refractivity contribution >= 4 is 34.2 Å². The Morgan fingerprint density at radius 1 is 0.853 bits per heavy atom. The highest BCUT2D eigenvalue weighted by molar-refractivity contribution is 5.94. The minimum absolute atomic E-state index is 0.111. The van der Waals surface area contributed by atoms with E-state index >= 15 is 0 Å². The van der Waals surface area contributed by atoms with Gasteiger partial charge in [-0.2, -0.15) is 0 Å². The quantitative estimate of drug-likeness (QED) is 0.433. The van der Waals surface area contributed by atoms with Crippen LogP contribution in [0.1, 0.15) is 37.3 Å². The predicted octanol–water partition coefficient (Wildman–Crippen LogP) is 3.54. The zero-order chi connectivity index (χ0) is 24.5. The Morgan fingerprint density at radius 3 is 2.26 bits per heavy atom. The van der Waals surface area contributed by atoms with Crippen LogP contribution in [0.5, 0.6) is 0 Å². The van der Waals surface area contributed by atoms with Crippen molar-refractivity contribution in [2.24, 2.45) is 11.7 Å². The molecule has 0 saturated carbocycles. The average molecular weight is 459 g/mol. The molecule has 176 valence electrons. The van der Waals surface area contributed by atoms with Gasteiger partial charge in [-0.1, -0.05) is 72.8 Å². The molecule has 6 nitrogen and oxygen atoms in total. The van der Waals surface area contributed by atoms with E-state index in [9.17, 15) is 19.2 Å². The van der Waals surface area contributed by atoms with Crippen LogP contribution in [0.15, 0.2) is 72.8 Å². The Bertz CT molecular complexity index is 1170. The molecule has 0 heterocycles. The molecule has 0 aliphatic carbocycles. The third-order valence-corrected chi connectivity index (χ3v) is 5.90. The fourth-order valence-electron chi connectivity index (χ4n) is 4.07. The van der Waals surface area contributed by atoms with Gasteiger partial charge in [-0.15, -0.1) is 0 Å². The van der Waals surface area contributed by atoms with Crippen LogP contribution >= 0.6 is 0 Å². The summed E-state index contributed by atoms with van der Waals surface area (Å²) in [6.07, 6.45) is 0.635. The molecular formula is C28H30N2O4. The second-order valence-corrected chi connectivity index (χ2v) is 8.61. The number of hydrogen-bond donors (Lipinski definition) is 2. The van der Waals surface area contributed by atoms with Gasteiger partial charge in [0.25, 0.3) is 0 Å². The zero-order valence-corrected chi connectivity index (χ0v) is 19.3. The minimum Gasteiger partial charge on any atom is -0.370 e. The molecule has 0 aromatic heterocycles. The molecule has 6 heteroatoms. The summed E-state index contributed by atoms with van der Waals surface area (Å²) in [6.45, 7) is 1.62. The third kappa shape index (κ3) is 7.10. The van der Waals surface area contributed by atoms with E-state index in [1.54, 1.807) is 6.92 Å². The summed E-state index contributed by atoms with van der Waals surface area (Å²) in [5.41, 5.74) is 7.22. The molecule has 0 bridgehead atoms. The molecule has 0 unspecified atom stereocenters. The fourth-order valence-corrected chi connectivity index (χ4v) is 4.07. The molecule has 3 N–H and O–H groups in total. The van der Waals surface area contributed by atoms with E-state index in [0.29, 0.717) is 6.42 Å². The first-order valence-electron chi connectivity index (χ1n) is 11.5. The van der Waals surface area contributed by atoms with E-state index < -0.39 is 23.8 Å². The number of aryl methyl sites for hydroxylation is 1. The third-order valence-electron chi connectivity index (χ3n) is 5.90. The fraction of sp³-hybridized carbons (Fsp3) is 0.286. The second kappa shape index (κ2) is 11.9. The number of nitrogens with two attached hydrogens (primary N) is 1. The van der Waals surface area contributed by atoms with Crippen molar-refractivity contribution in [2.75, 3.05) is 0 Å². The molecule has 0 fully saturated rings. The molecule has 0 spiro atoms. The number of hydrogen-bond acceptors (Lipinski definition) is 4. The summed E-state index contributed by atoms with van der Waals surface area (Å²) in [5, 5.41) is 4.90. The first-order chi connectivity index (χ1) is 16.3. The van der Waals surface area contributed by atoms with Crippen molar-refractivity contribution in [3.63, 3.8) is 0 Å². The molecule has 34 heavy (non-hydrogen) atoms. The maximum atomic E-state index is 12.8. The summed E-state index contributed by atoms with van der Waals surface area (Å²) in [6, 6.07) is 22.5. The first-order valence-corrected chi connectivity index (χ1v) is 11.5. The lowest BCUT2D eigenvalue weighted by Gasteiger charge is -2.19. The number of carbonyl (C=O) groups excluding carboxylic acids is 4. The largest absolute Gasteiger partial charge is 0.370 e. The number of fused-ring (bicyclic) bond motifs is 1. The molecular weight excluding hydrogens is 428 g/mol. The zero-order valence-electron chi connectivity index (χ0n) is 19.3. The number of nitrogens with one attached hydrogen (secondary N) is 1.